The van der Waals surface area contributed by atoms with Crippen molar-refractivity contribution in [2.75, 3.05) is 43.4 Å². The van der Waals surface area contributed by atoms with Gasteiger partial charge in [0.05, 0.1) is 5.56 Å². The van der Waals surface area contributed by atoms with Gasteiger partial charge in [0.1, 0.15) is 11.6 Å². The fourth-order valence-corrected chi connectivity index (χ4v) is 3.28. The molecule has 2 saturated heterocycles. The van der Waals surface area contributed by atoms with Crippen LogP contribution in [-0.4, -0.2) is 61.1 Å². The van der Waals surface area contributed by atoms with Gasteiger partial charge >= 0.3 is 0 Å². The van der Waals surface area contributed by atoms with Crippen LogP contribution in [0.3, 0.4) is 0 Å². The average Bonchev–Trinajstić information content (AvgIpc) is 2.96. The first-order valence-electron chi connectivity index (χ1n) is 8.29. The quantitative estimate of drug-likeness (QED) is 0.734. The van der Waals surface area contributed by atoms with Crippen LogP contribution in [0.25, 0.3) is 0 Å². The molecule has 1 atom stereocenters. The molecule has 0 saturated carbocycles. The smallest absolute Gasteiger partial charge is 0.252 e. The zero-order valence-electron chi connectivity index (χ0n) is 13.7. The van der Waals surface area contributed by atoms with Crippen molar-refractivity contribution in [3.8, 4) is 0 Å². The fourth-order valence-electron chi connectivity index (χ4n) is 3.28. The molecule has 0 spiro atoms. The summed E-state index contributed by atoms with van der Waals surface area (Å²) in [6.45, 7) is 3.79. The number of carbonyl (C=O) groups is 1. The minimum absolute atomic E-state index is 0.193. The number of piperidine rings is 1. The molecule has 5 N–H and O–H groups in total. The van der Waals surface area contributed by atoms with Gasteiger partial charge < -0.3 is 26.6 Å². The van der Waals surface area contributed by atoms with Crippen molar-refractivity contribution in [2.45, 2.75) is 31.3 Å². The molecular weight excluding hydrogens is 292 g/mol. The molecule has 3 heterocycles. The summed E-state index contributed by atoms with van der Waals surface area (Å²) in [5.74, 6) is 1.01. The van der Waals surface area contributed by atoms with Gasteiger partial charge in [0.25, 0.3) is 5.91 Å². The molecule has 7 nitrogen and oxygen atoms in total. The van der Waals surface area contributed by atoms with Gasteiger partial charge in [0.15, 0.2) is 0 Å². The van der Waals surface area contributed by atoms with Gasteiger partial charge in [-0.05, 0) is 51.5 Å². The number of rotatable bonds is 4. The molecule has 0 unspecified atom stereocenters. The third-order valence-corrected chi connectivity index (χ3v) is 4.75. The Kier molecular flexibility index (Phi) is 4.68. The van der Waals surface area contributed by atoms with Crippen molar-refractivity contribution in [2.24, 2.45) is 11.5 Å². The van der Waals surface area contributed by atoms with Gasteiger partial charge in [-0.2, -0.15) is 0 Å². The summed E-state index contributed by atoms with van der Waals surface area (Å²) < 4.78 is 0. The summed E-state index contributed by atoms with van der Waals surface area (Å²) in [6.07, 6.45) is 3.04. The molecule has 23 heavy (non-hydrogen) atoms. The van der Waals surface area contributed by atoms with Crippen LogP contribution in [0.5, 0.6) is 0 Å². The molecule has 7 heteroatoms. The molecular formula is C16H26N6O. The number of nitrogens with zero attached hydrogens (tertiary/aromatic N) is 3. The number of nitrogens with one attached hydrogen (secondary N) is 1. The number of likely N-dealkylation sites (tertiary alicyclic amines) is 1. The normalized spacial score (nSPS) is 23.2. The van der Waals surface area contributed by atoms with Crippen molar-refractivity contribution in [1.82, 2.24) is 9.88 Å². The minimum atomic E-state index is -0.447. The van der Waals surface area contributed by atoms with Crippen LogP contribution < -0.4 is 21.7 Å². The number of aromatic nitrogens is 1. The second-order valence-corrected chi connectivity index (χ2v) is 6.65. The van der Waals surface area contributed by atoms with Crippen LogP contribution in [-0.2, 0) is 0 Å². The highest BCUT2D eigenvalue weighted by Crippen LogP contribution is 2.24. The molecule has 0 aromatic carbocycles. The molecule has 3 rings (SSSR count). The third kappa shape index (κ3) is 3.73. The van der Waals surface area contributed by atoms with Crippen molar-refractivity contribution in [3.05, 3.63) is 17.7 Å². The number of hydrogen-bond donors (Lipinski definition) is 3. The number of carbonyl (C=O) groups excluding carboxylic acids is 1. The average molecular weight is 318 g/mol. The standard InChI is InChI=1S/C16H26N6O/c1-21-7-5-12(6-8-21)19-16-13(15(18)23)2-3-14(20-16)22-9-4-11(17)10-22/h2-3,11-12H,4-10,17H2,1H3,(H2,18,23)(H,19,20)/t11-/m0/s1. The molecule has 126 valence electrons. The molecule has 1 aromatic rings. The van der Waals surface area contributed by atoms with Gasteiger partial charge in [0, 0.05) is 25.2 Å². The topological polar surface area (TPSA) is 101 Å². The second kappa shape index (κ2) is 6.72. The Morgan fingerprint density at radius 2 is 2.00 bits per heavy atom. The first kappa shape index (κ1) is 16.0. The largest absolute Gasteiger partial charge is 0.367 e. The van der Waals surface area contributed by atoms with Crippen LogP contribution >= 0.6 is 0 Å². The van der Waals surface area contributed by atoms with Crippen LogP contribution in [0.4, 0.5) is 11.6 Å². The Balaban J connectivity index is 1.79. The first-order chi connectivity index (χ1) is 11.0. The Labute approximate surface area is 137 Å². The Hall–Kier alpha value is -1.86. The summed E-state index contributed by atoms with van der Waals surface area (Å²) in [6, 6.07) is 4.15. The van der Waals surface area contributed by atoms with E-state index in [1.54, 1.807) is 6.07 Å². The van der Waals surface area contributed by atoms with Crippen LogP contribution in [0.2, 0.25) is 0 Å². The van der Waals surface area contributed by atoms with Crippen molar-refractivity contribution < 1.29 is 4.79 Å². The number of anilines is 2. The zero-order chi connectivity index (χ0) is 16.4. The maximum absolute atomic E-state index is 11.7. The number of amides is 1. The molecule has 0 radical (unpaired) electrons. The zero-order valence-corrected chi connectivity index (χ0v) is 13.7. The van der Waals surface area contributed by atoms with E-state index in [0.717, 1.165) is 51.3 Å². The van der Waals surface area contributed by atoms with E-state index in [4.69, 9.17) is 11.5 Å². The van der Waals surface area contributed by atoms with Crippen LogP contribution in [0.1, 0.15) is 29.6 Å². The Morgan fingerprint density at radius 3 is 2.61 bits per heavy atom. The van der Waals surface area contributed by atoms with E-state index in [2.05, 4.69) is 27.1 Å². The lowest BCUT2D eigenvalue weighted by Gasteiger charge is -2.30. The predicted molar refractivity (Wildman–Crippen MR) is 91.7 cm³/mol. The molecule has 2 fully saturated rings. The van der Waals surface area contributed by atoms with Crippen LogP contribution in [0.15, 0.2) is 12.1 Å². The van der Waals surface area contributed by atoms with Crippen molar-refractivity contribution >= 4 is 17.5 Å². The first-order valence-corrected chi connectivity index (χ1v) is 8.29. The maximum Gasteiger partial charge on any atom is 0.252 e. The number of primary amides is 1. The van der Waals surface area contributed by atoms with E-state index in [9.17, 15) is 4.79 Å². The highest BCUT2D eigenvalue weighted by molar-refractivity contribution is 5.97. The molecule has 1 aromatic heterocycles. The highest BCUT2D eigenvalue weighted by Gasteiger charge is 2.23. The van der Waals surface area contributed by atoms with Gasteiger partial charge in [0.2, 0.25) is 0 Å². The third-order valence-electron chi connectivity index (χ3n) is 4.75. The lowest BCUT2D eigenvalue weighted by atomic mass is 10.1. The fraction of sp³-hybridized carbons (Fsp3) is 0.625. The lowest BCUT2D eigenvalue weighted by Crippen LogP contribution is -2.37. The molecule has 2 aliphatic rings. The van der Waals surface area contributed by atoms with Gasteiger partial charge in [-0.3, -0.25) is 4.79 Å². The van der Waals surface area contributed by atoms with Gasteiger partial charge in [-0.15, -0.1) is 0 Å². The summed E-state index contributed by atoms with van der Waals surface area (Å²) >= 11 is 0. The van der Waals surface area contributed by atoms with E-state index in [1.807, 2.05) is 6.07 Å². The summed E-state index contributed by atoms with van der Waals surface area (Å²) in [4.78, 5) is 20.8. The maximum atomic E-state index is 11.7. The highest BCUT2D eigenvalue weighted by atomic mass is 16.1. The molecule has 2 aliphatic heterocycles. The summed E-state index contributed by atoms with van der Waals surface area (Å²) in [5.41, 5.74) is 11.9. The van der Waals surface area contributed by atoms with Crippen molar-refractivity contribution in [3.63, 3.8) is 0 Å². The predicted octanol–water partition coefficient (Wildman–Crippen LogP) is 0.224. The molecule has 0 aliphatic carbocycles. The SMILES string of the molecule is CN1CCC(Nc2nc(N3CC[C@H](N)C3)ccc2C(N)=O)CC1. The van der Waals surface area contributed by atoms with E-state index in [-0.39, 0.29) is 6.04 Å². The molecule has 0 bridgehead atoms. The van der Waals surface area contributed by atoms with Gasteiger partial charge in [-0.25, -0.2) is 4.98 Å². The molecule has 1 amide bonds. The van der Waals surface area contributed by atoms with E-state index >= 15 is 0 Å². The Morgan fingerprint density at radius 1 is 1.26 bits per heavy atom. The van der Waals surface area contributed by atoms with E-state index < -0.39 is 5.91 Å². The van der Waals surface area contributed by atoms with E-state index in [1.165, 1.54) is 0 Å². The van der Waals surface area contributed by atoms with Crippen molar-refractivity contribution in [1.29, 1.82) is 0 Å². The monoisotopic (exact) mass is 318 g/mol. The van der Waals surface area contributed by atoms with Crippen LogP contribution in [0, 0.1) is 0 Å². The second-order valence-electron chi connectivity index (χ2n) is 6.65. The summed E-state index contributed by atoms with van der Waals surface area (Å²) in [5, 5.41) is 3.43. The Bertz CT molecular complexity index is 570. The van der Waals surface area contributed by atoms with E-state index in [0.29, 0.717) is 17.4 Å². The minimum Gasteiger partial charge on any atom is -0.367 e. The number of nitrogens with two attached hydrogens (primary N) is 2. The number of pyridine rings is 1. The number of hydrogen-bond acceptors (Lipinski definition) is 6. The van der Waals surface area contributed by atoms with Gasteiger partial charge in [-0.1, -0.05) is 0 Å². The summed E-state index contributed by atoms with van der Waals surface area (Å²) in [7, 11) is 2.13. The lowest BCUT2D eigenvalue weighted by molar-refractivity contribution is 0.100.